The molecule has 0 atom stereocenters. The van der Waals surface area contributed by atoms with Crippen LogP contribution < -0.4 is 5.73 Å². The first-order valence-electron chi connectivity index (χ1n) is 6.24. The largest absolute Gasteiger partial charge is 0.330 e. The second kappa shape index (κ2) is 5.74. The van der Waals surface area contributed by atoms with Gasteiger partial charge < -0.3 is 5.73 Å². The van der Waals surface area contributed by atoms with Gasteiger partial charge >= 0.3 is 0 Å². The molecule has 3 heteroatoms. The standard InChI is InChI=1S/C15H19N3/c1-11-5-12(2)7-14(6-11)8-15-17-9-13(3-4-16)10-18-15/h5-7,9-10H,3-4,8,16H2,1-2H3. The molecule has 0 saturated carbocycles. The second-order valence-corrected chi connectivity index (χ2v) is 4.72. The van der Waals surface area contributed by atoms with Gasteiger partial charge in [-0.1, -0.05) is 29.3 Å². The Hall–Kier alpha value is -1.74. The first kappa shape index (κ1) is 12.7. The van der Waals surface area contributed by atoms with Crippen LogP contribution in [0.5, 0.6) is 0 Å². The Labute approximate surface area is 108 Å². The number of nitrogens with two attached hydrogens (primary N) is 1. The summed E-state index contributed by atoms with van der Waals surface area (Å²) >= 11 is 0. The summed E-state index contributed by atoms with van der Waals surface area (Å²) in [4.78, 5) is 8.77. The molecule has 0 radical (unpaired) electrons. The van der Waals surface area contributed by atoms with E-state index >= 15 is 0 Å². The molecule has 18 heavy (non-hydrogen) atoms. The van der Waals surface area contributed by atoms with Crippen LogP contribution in [0.2, 0.25) is 0 Å². The summed E-state index contributed by atoms with van der Waals surface area (Å²) in [5.41, 5.74) is 10.4. The van der Waals surface area contributed by atoms with E-state index in [1.54, 1.807) is 0 Å². The third-order valence-corrected chi connectivity index (χ3v) is 2.84. The maximum Gasteiger partial charge on any atom is 0.132 e. The highest BCUT2D eigenvalue weighted by Gasteiger charge is 2.01. The Morgan fingerprint density at radius 1 is 0.944 bits per heavy atom. The normalized spacial score (nSPS) is 10.6. The summed E-state index contributed by atoms with van der Waals surface area (Å²) in [6.45, 7) is 4.86. The van der Waals surface area contributed by atoms with E-state index in [9.17, 15) is 0 Å². The van der Waals surface area contributed by atoms with Crippen LogP contribution in [0, 0.1) is 13.8 Å². The predicted octanol–water partition coefficient (Wildman–Crippen LogP) is 2.19. The lowest BCUT2D eigenvalue weighted by molar-refractivity contribution is 0.900. The minimum atomic E-state index is 0.639. The molecule has 2 N–H and O–H groups in total. The molecule has 0 aliphatic carbocycles. The number of hydrogen-bond donors (Lipinski definition) is 1. The SMILES string of the molecule is Cc1cc(C)cc(Cc2ncc(CCN)cn2)c1. The van der Waals surface area contributed by atoms with E-state index in [2.05, 4.69) is 42.0 Å². The minimum Gasteiger partial charge on any atom is -0.330 e. The fraction of sp³-hybridized carbons (Fsp3) is 0.333. The molecule has 0 fully saturated rings. The molecule has 0 spiro atoms. The second-order valence-electron chi connectivity index (χ2n) is 4.72. The molecule has 1 heterocycles. The highest BCUT2D eigenvalue weighted by atomic mass is 14.9. The van der Waals surface area contributed by atoms with E-state index in [-0.39, 0.29) is 0 Å². The molecule has 3 nitrogen and oxygen atoms in total. The Bertz CT molecular complexity index is 498. The number of hydrogen-bond acceptors (Lipinski definition) is 3. The molecular formula is C15H19N3. The zero-order valence-corrected chi connectivity index (χ0v) is 11.0. The van der Waals surface area contributed by atoms with E-state index in [1.165, 1.54) is 16.7 Å². The van der Waals surface area contributed by atoms with Gasteiger partial charge in [-0.3, -0.25) is 0 Å². The van der Waals surface area contributed by atoms with Crippen molar-refractivity contribution in [3.8, 4) is 0 Å². The summed E-state index contributed by atoms with van der Waals surface area (Å²) in [5, 5.41) is 0. The van der Waals surface area contributed by atoms with Crippen LogP contribution in [-0.4, -0.2) is 16.5 Å². The molecule has 0 unspecified atom stereocenters. The Balaban J connectivity index is 2.13. The summed E-state index contributed by atoms with van der Waals surface area (Å²) in [5.74, 6) is 0.862. The van der Waals surface area contributed by atoms with Crippen molar-refractivity contribution in [2.45, 2.75) is 26.7 Å². The summed E-state index contributed by atoms with van der Waals surface area (Å²) in [6.07, 6.45) is 5.37. The smallest absolute Gasteiger partial charge is 0.132 e. The van der Waals surface area contributed by atoms with Gasteiger partial charge in [0.1, 0.15) is 5.82 Å². The van der Waals surface area contributed by atoms with Crippen LogP contribution in [0.4, 0.5) is 0 Å². The molecule has 0 aliphatic heterocycles. The van der Waals surface area contributed by atoms with Crippen molar-refractivity contribution in [1.29, 1.82) is 0 Å². The molecule has 0 aliphatic rings. The van der Waals surface area contributed by atoms with Gasteiger partial charge in [-0.05, 0) is 37.9 Å². The molecule has 0 bridgehead atoms. The van der Waals surface area contributed by atoms with Gasteiger partial charge in [0.05, 0.1) is 0 Å². The number of aryl methyl sites for hydroxylation is 2. The van der Waals surface area contributed by atoms with Crippen LogP contribution in [0.1, 0.15) is 28.1 Å². The van der Waals surface area contributed by atoms with Gasteiger partial charge in [0.25, 0.3) is 0 Å². The zero-order chi connectivity index (χ0) is 13.0. The highest BCUT2D eigenvalue weighted by Crippen LogP contribution is 2.11. The monoisotopic (exact) mass is 241 g/mol. The third kappa shape index (κ3) is 3.37. The van der Waals surface area contributed by atoms with Gasteiger partial charge in [-0.25, -0.2) is 9.97 Å². The van der Waals surface area contributed by atoms with Crippen molar-refractivity contribution >= 4 is 0 Å². The summed E-state index contributed by atoms with van der Waals surface area (Å²) < 4.78 is 0. The van der Waals surface area contributed by atoms with Gasteiger partial charge in [0, 0.05) is 18.8 Å². The van der Waals surface area contributed by atoms with Crippen molar-refractivity contribution in [3.63, 3.8) is 0 Å². The van der Waals surface area contributed by atoms with Crippen LogP contribution >= 0.6 is 0 Å². The van der Waals surface area contributed by atoms with Gasteiger partial charge in [-0.2, -0.15) is 0 Å². The predicted molar refractivity (Wildman–Crippen MR) is 73.5 cm³/mol. The van der Waals surface area contributed by atoms with Crippen molar-refractivity contribution in [2.24, 2.45) is 5.73 Å². The maximum absolute atomic E-state index is 5.50. The van der Waals surface area contributed by atoms with Gasteiger partial charge in [0.2, 0.25) is 0 Å². The quantitative estimate of drug-likeness (QED) is 0.892. The highest BCUT2D eigenvalue weighted by molar-refractivity contribution is 5.30. The average molecular weight is 241 g/mol. The lowest BCUT2D eigenvalue weighted by Gasteiger charge is -2.05. The van der Waals surface area contributed by atoms with Crippen LogP contribution in [0.25, 0.3) is 0 Å². The Morgan fingerprint density at radius 3 is 2.11 bits per heavy atom. The third-order valence-electron chi connectivity index (χ3n) is 2.84. The average Bonchev–Trinajstić information content (AvgIpc) is 2.31. The zero-order valence-electron chi connectivity index (χ0n) is 11.0. The first-order valence-corrected chi connectivity index (χ1v) is 6.24. The summed E-state index contributed by atoms with van der Waals surface area (Å²) in [6, 6.07) is 6.54. The van der Waals surface area contributed by atoms with E-state index in [0.29, 0.717) is 6.54 Å². The summed E-state index contributed by atoms with van der Waals surface area (Å²) in [7, 11) is 0. The number of aromatic nitrogens is 2. The number of rotatable bonds is 4. The minimum absolute atomic E-state index is 0.639. The number of benzene rings is 1. The van der Waals surface area contributed by atoms with E-state index in [0.717, 1.165) is 24.2 Å². The molecule has 0 saturated heterocycles. The molecule has 94 valence electrons. The maximum atomic E-state index is 5.50. The van der Waals surface area contributed by atoms with E-state index < -0.39 is 0 Å². The Kier molecular flexibility index (Phi) is 4.05. The molecule has 0 amide bonds. The van der Waals surface area contributed by atoms with Crippen LogP contribution in [-0.2, 0) is 12.8 Å². The van der Waals surface area contributed by atoms with Gasteiger partial charge in [-0.15, -0.1) is 0 Å². The molecule has 2 rings (SSSR count). The van der Waals surface area contributed by atoms with Crippen molar-refractivity contribution in [1.82, 2.24) is 9.97 Å². The molecular weight excluding hydrogens is 222 g/mol. The van der Waals surface area contributed by atoms with Crippen molar-refractivity contribution in [3.05, 3.63) is 58.7 Å². The lowest BCUT2D eigenvalue weighted by Crippen LogP contribution is -2.05. The van der Waals surface area contributed by atoms with E-state index in [1.807, 2.05) is 12.4 Å². The lowest BCUT2D eigenvalue weighted by atomic mass is 10.0. The van der Waals surface area contributed by atoms with Crippen LogP contribution in [0.3, 0.4) is 0 Å². The van der Waals surface area contributed by atoms with Crippen molar-refractivity contribution < 1.29 is 0 Å². The van der Waals surface area contributed by atoms with E-state index in [4.69, 9.17) is 5.73 Å². The molecule has 2 aromatic rings. The Morgan fingerprint density at radius 2 is 1.56 bits per heavy atom. The fourth-order valence-electron chi connectivity index (χ4n) is 2.12. The van der Waals surface area contributed by atoms with Gasteiger partial charge in [0.15, 0.2) is 0 Å². The van der Waals surface area contributed by atoms with Crippen molar-refractivity contribution in [2.75, 3.05) is 6.54 Å². The topological polar surface area (TPSA) is 51.8 Å². The first-order chi connectivity index (χ1) is 8.67. The molecule has 1 aromatic carbocycles. The number of nitrogens with zero attached hydrogens (tertiary/aromatic N) is 2. The molecule has 1 aromatic heterocycles. The fourth-order valence-corrected chi connectivity index (χ4v) is 2.12. The van der Waals surface area contributed by atoms with Crippen LogP contribution in [0.15, 0.2) is 30.6 Å².